The van der Waals surface area contributed by atoms with Gasteiger partial charge >= 0.3 is 0 Å². The Labute approximate surface area is 140 Å². The molecule has 2 aromatic rings. The summed E-state index contributed by atoms with van der Waals surface area (Å²) in [6, 6.07) is 15.8. The van der Waals surface area contributed by atoms with Gasteiger partial charge in [-0.2, -0.15) is 5.10 Å². The van der Waals surface area contributed by atoms with Gasteiger partial charge in [-0.3, -0.25) is 10.2 Å². The fraction of sp³-hybridized carbons (Fsp3) is 0.125. The summed E-state index contributed by atoms with van der Waals surface area (Å²) < 4.78 is 0.948. The zero-order chi connectivity index (χ0) is 15.3. The average molecular weight is 374 g/mol. The molecule has 6 heteroatoms. The average Bonchev–Trinajstić information content (AvgIpc) is 3.07. The van der Waals surface area contributed by atoms with Gasteiger partial charge in [-0.15, -0.1) is 0 Å². The third kappa shape index (κ3) is 1.84. The van der Waals surface area contributed by atoms with Crippen LogP contribution in [0.15, 0.2) is 58.1 Å². The van der Waals surface area contributed by atoms with Crippen LogP contribution >= 0.6 is 27.7 Å². The van der Waals surface area contributed by atoms with E-state index >= 15 is 0 Å². The maximum Gasteiger partial charge on any atom is 0.269 e. The maximum atomic E-state index is 12.8. The first-order valence-electron chi connectivity index (χ1n) is 6.79. The van der Waals surface area contributed by atoms with Gasteiger partial charge in [0.2, 0.25) is 4.87 Å². The van der Waals surface area contributed by atoms with Crippen molar-refractivity contribution in [1.82, 2.24) is 5.43 Å². The molecule has 4 rings (SSSR count). The van der Waals surface area contributed by atoms with E-state index < -0.39 is 4.87 Å². The number of nitrogens with zero attached hydrogens (tertiary/aromatic N) is 2. The largest absolute Gasteiger partial charge is 0.312 e. The molecule has 2 heterocycles. The molecule has 2 aromatic carbocycles. The first-order chi connectivity index (χ1) is 10.6. The summed E-state index contributed by atoms with van der Waals surface area (Å²) in [5.74, 6) is 0.000260. The number of carbonyl (C=O) groups is 1. The van der Waals surface area contributed by atoms with Crippen molar-refractivity contribution in [2.75, 3.05) is 11.9 Å². The summed E-state index contributed by atoms with van der Waals surface area (Å²) in [4.78, 5) is 13.7. The van der Waals surface area contributed by atoms with Crippen molar-refractivity contribution in [3.63, 3.8) is 0 Å². The van der Waals surface area contributed by atoms with Gasteiger partial charge in [-0.1, -0.05) is 58.0 Å². The summed E-state index contributed by atoms with van der Waals surface area (Å²) in [7, 11) is 1.80. The zero-order valence-corrected chi connectivity index (χ0v) is 14.1. The van der Waals surface area contributed by atoms with Gasteiger partial charge in [0.1, 0.15) is 5.04 Å². The molecule has 1 N–H and O–H groups in total. The highest BCUT2D eigenvalue weighted by Crippen LogP contribution is 2.50. The van der Waals surface area contributed by atoms with Crippen molar-refractivity contribution in [3.05, 3.63) is 64.1 Å². The fourth-order valence-corrected chi connectivity index (χ4v) is 4.36. The Balaban J connectivity index is 1.79. The van der Waals surface area contributed by atoms with Crippen LogP contribution in [0.1, 0.15) is 11.1 Å². The van der Waals surface area contributed by atoms with Crippen LogP contribution in [0.4, 0.5) is 5.69 Å². The number of nitrogens with one attached hydrogen (secondary N) is 1. The molecule has 0 unspecified atom stereocenters. The van der Waals surface area contributed by atoms with Crippen LogP contribution in [0, 0.1) is 0 Å². The Hall–Kier alpha value is -1.79. The van der Waals surface area contributed by atoms with E-state index in [2.05, 4.69) is 26.5 Å². The van der Waals surface area contributed by atoms with Crippen LogP contribution in [-0.4, -0.2) is 18.0 Å². The predicted octanol–water partition coefficient (Wildman–Crippen LogP) is 3.28. The molecule has 1 spiro atoms. The van der Waals surface area contributed by atoms with Gasteiger partial charge in [-0.25, -0.2) is 0 Å². The van der Waals surface area contributed by atoms with Gasteiger partial charge in [0, 0.05) is 22.6 Å². The zero-order valence-electron chi connectivity index (χ0n) is 11.7. The van der Waals surface area contributed by atoms with Crippen LogP contribution < -0.4 is 10.3 Å². The van der Waals surface area contributed by atoms with Gasteiger partial charge in [0.25, 0.3) is 5.91 Å². The molecule has 2 aliphatic rings. The Morgan fingerprint density at radius 2 is 2.00 bits per heavy atom. The van der Waals surface area contributed by atoms with Crippen molar-refractivity contribution in [2.24, 2.45) is 5.10 Å². The molecular weight excluding hydrogens is 362 g/mol. The predicted molar refractivity (Wildman–Crippen MR) is 92.9 cm³/mol. The van der Waals surface area contributed by atoms with Gasteiger partial charge < -0.3 is 4.90 Å². The minimum atomic E-state index is -0.862. The lowest BCUT2D eigenvalue weighted by molar-refractivity contribution is -0.120. The second kappa shape index (κ2) is 4.86. The quantitative estimate of drug-likeness (QED) is 0.833. The smallest absolute Gasteiger partial charge is 0.269 e. The van der Waals surface area contributed by atoms with Crippen LogP contribution in [0.2, 0.25) is 0 Å². The molecule has 0 saturated heterocycles. The summed E-state index contributed by atoms with van der Waals surface area (Å²) >= 11 is 4.95. The molecule has 0 aromatic heterocycles. The Morgan fingerprint density at radius 1 is 1.23 bits per heavy atom. The number of hydrogen-bond donors (Lipinski definition) is 1. The van der Waals surface area contributed by atoms with Crippen molar-refractivity contribution in [1.29, 1.82) is 0 Å². The minimum Gasteiger partial charge on any atom is -0.312 e. The molecule has 0 saturated carbocycles. The number of thioether (sulfide) groups is 1. The molecule has 0 bridgehead atoms. The molecule has 1 atom stereocenters. The van der Waals surface area contributed by atoms with Crippen molar-refractivity contribution in [2.45, 2.75) is 4.87 Å². The van der Waals surface area contributed by atoms with E-state index in [1.54, 1.807) is 11.9 Å². The number of fused-ring (bicyclic) bond motifs is 2. The van der Waals surface area contributed by atoms with Crippen LogP contribution in [0.3, 0.4) is 0 Å². The third-order valence-corrected chi connectivity index (χ3v) is 5.70. The number of halogens is 1. The lowest BCUT2D eigenvalue weighted by atomic mass is 10.1. The molecule has 2 aliphatic heterocycles. The van der Waals surface area contributed by atoms with Crippen molar-refractivity contribution in [3.8, 4) is 0 Å². The number of likely N-dealkylation sites (N-methyl/N-ethyl adjacent to an activating group) is 1. The third-order valence-electron chi connectivity index (χ3n) is 3.89. The Kier molecular flexibility index (Phi) is 3.06. The van der Waals surface area contributed by atoms with E-state index in [1.165, 1.54) is 11.8 Å². The summed E-state index contributed by atoms with van der Waals surface area (Å²) in [5, 5.41) is 5.25. The van der Waals surface area contributed by atoms with Crippen molar-refractivity contribution < 1.29 is 4.79 Å². The van der Waals surface area contributed by atoms with Gasteiger partial charge in [0.15, 0.2) is 0 Å². The molecule has 22 heavy (non-hydrogen) atoms. The van der Waals surface area contributed by atoms with E-state index in [-0.39, 0.29) is 5.91 Å². The first kappa shape index (κ1) is 13.8. The number of anilines is 1. The summed E-state index contributed by atoms with van der Waals surface area (Å²) in [6.07, 6.45) is 0. The molecule has 4 nitrogen and oxygen atoms in total. The molecule has 0 fully saturated rings. The number of hydrogen-bond acceptors (Lipinski definition) is 4. The van der Waals surface area contributed by atoms with Gasteiger partial charge in [-0.05, 0) is 18.2 Å². The normalized spacial score (nSPS) is 22.7. The lowest BCUT2D eigenvalue weighted by Gasteiger charge is -2.21. The second-order valence-corrected chi connectivity index (χ2v) is 7.32. The number of hydrazone groups is 1. The molecule has 0 aliphatic carbocycles. The minimum absolute atomic E-state index is 0.000260. The fourth-order valence-electron chi connectivity index (χ4n) is 2.77. The van der Waals surface area contributed by atoms with Gasteiger partial charge in [0.05, 0.1) is 5.69 Å². The highest BCUT2D eigenvalue weighted by molar-refractivity contribution is 9.10. The molecule has 0 radical (unpaired) electrons. The second-order valence-electron chi connectivity index (χ2n) is 5.20. The monoisotopic (exact) mass is 373 g/mol. The Morgan fingerprint density at radius 3 is 2.77 bits per heavy atom. The van der Waals surface area contributed by atoms with Crippen LogP contribution in [0.25, 0.3) is 0 Å². The summed E-state index contributed by atoms with van der Waals surface area (Å²) in [5.41, 5.74) is 5.95. The molecular formula is C16H12BrN3OS. The van der Waals surface area contributed by atoms with Crippen molar-refractivity contribution >= 4 is 44.3 Å². The topological polar surface area (TPSA) is 44.7 Å². The highest BCUT2D eigenvalue weighted by atomic mass is 79.9. The number of benzene rings is 2. The van der Waals surface area contributed by atoms with E-state index in [0.717, 1.165) is 26.3 Å². The lowest BCUT2D eigenvalue weighted by Crippen LogP contribution is -2.43. The van der Waals surface area contributed by atoms with E-state index in [1.807, 2.05) is 48.5 Å². The molecule has 110 valence electrons. The van der Waals surface area contributed by atoms with Crippen LogP contribution in [0.5, 0.6) is 0 Å². The SMILES string of the molecule is CN1C(=O)[C@@]2(NN=C(c3ccccc3)S2)c2cc(Br)ccc21. The Bertz CT molecular complexity index is 808. The number of carbonyl (C=O) groups excluding carboxylic acids is 1. The van der Waals surface area contributed by atoms with Crippen LogP contribution in [-0.2, 0) is 9.67 Å². The standard InChI is InChI=1S/C16H12BrN3OS/c1-20-13-8-7-11(17)9-12(13)16(15(20)21)19-18-14(22-16)10-5-3-2-4-6-10/h2-9,19H,1H3/t16-/m1/s1. The van der Waals surface area contributed by atoms with E-state index in [9.17, 15) is 4.79 Å². The van der Waals surface area contributed by atoms with E-state index in [0.29, 0.717) is 0 Å². The highest BCUT2D eigenvalue weighted by Gasteiger charge is 2.54. The summed E-state index contributed by atoms with van der Waals surface area (Å²) in [6.45, 7) is 0. The first-order valence-corrected chi connectivity index (χ1v) is 8.40. The van der Waals surface area contributed by atoms with E-state index in [4.69, 9.17) is 0 Å². The maximum absolute atomic E-state index is 12.8. The number of amides is 1. The molecule has 1 amide bonds. The number of rotatable bonds is 1.